The van der Waals surface area contributed by atoms with Gasteiger partial charge in [-0.3, -0.25) is 4.79 Å². The van der Waals surface area contributed by atoms with Crippen LogP contribution in [0, 0.1) is 5.82 Å². The topological polar surface area (TPSA) is 50.4 Å². The van der Waals surface area contributed by atoms with Gasteiger partial charge in [0.2, 0.25) is 5.91 Å². The van der Waals surface area contributed by atoms with Crippen LogP contribution >= 0.6 is 0 Å². The molecule has 1 heterocycles. The highest BCUT2D eigenvalue weighted by Crippen LogP contribution is 2.35. The smallest absolute Gasteiger partial charge is 0.246 e. The van der Waals surface area contributed by atoms with Crippen LogP contribution in [0.3, 0.4) is 0 Å². The highest BCUT2D eigenvalue weighted by Gasteiger charge is 2.29. The quantitative estimate of drug-likeness (QED) is 0.907. The van der Waals surface area contributed by atoms with E-state index in [0.29, 0.717) is 18.0 Å². The Bertz CT molecular complexity index is 688. The van der Waals surface area contributed by atoms with E-state index in [4.69, 9.17) is 4.74 Å². The Hall–Kier alpha value is -2.40. The molecule has 5 heteroatoms. The molecule has 4 nitrogen and oxygen atoms in total. The van der Waals surface area contributed by atoms with Crippen LogP contribution in [0.15, 0.2) is 42.5 Å². The van der Waals surface area contributed by atoms with E-state index in [0.717, 1.165) is 11.3 Å². The van der Waals surface area contributed by atoms with Gasteiger partial charge in [-0.2, -0.15) is 0 Å². The normalized spacial score (nSPS) is 16.5. The molecule has 0 bridgehead atoms. The number of nitrogens with one attached hydrogen (secondary N) is 2. The second-order valence-corrected chi connectivity index (χ2v) is 4.79. The Kier molecular flexibility index (Phi) is 3.58. The summed E-state index contributed by atoms with van der Waals surface area (Å²) in [6.07, 6.45) is 0. The zero-order valence-electron chi connectivity index (χ0n) is 11.5. The Morgan fingerprint density at radius 1 is 1.24 bits per heavy atom. The molecule has 1 unspecified atom stereocenters. The van der Waals surface area contributed by atoms with Gasteiger partial charge in [-0.15, -0.1) is 0 Å². The Labute approximate surface area is 121 Å². The van der Waals surface area contributed by atoms with Crippen molar-refractivity contribution < 1.29 is 13.9 Å². The lowest BCUT2D eigenvalue weighted by atomic mass is 10.1. The molecule has 2 aromatic rings. The van der Waals surface area contributed by atoms with Crippen molar-refractivity contribution in [2.45, 2.75) is 13.0 Å². The minimum atomic E-state index is -0.353. The molecular weight excluding hydrogens is 271 g/mol. The van der Waals surface area contributed by atoms with Crippen molar-refractivity contribution >= 4 is 11.6 Å². The molecule has 2 aromatic carbocycles. The van der Waals surface area contributed by atoms with Gasteiger partial charge < -0.3 is 15.4 Å². The van der Waals surface area contributed by atoms with Crippen LogP contribution in [-0.4, -0.2) is 12.5 Å². The molecule has 2 N–H and O–H groups in total. The predicted molar refractivity (Wildman–Crippen MR) is 78.0 cm³/mol. The van der Waals surface area contributed by atoms with E-state index in [9.17, 15) is 9.18 Å². The number of fused-ring (bicyclic) bond motifs is 1. The molecule has 1 aliphatic heterocycles. The number of halogens is 1. The molecule has 1 aliphatic rings. The van der Waals surface area contributed by atoms with E-state index in [1.54, 1.807) is 24.3 Å². The standard InChI is InChI=1S/C16H15FN2O2/c1-2-18-15-13-7-6-12(9-14(13)19-16(15)20)21-11-5-3-4-10(17)8-11/h3-9,15,18H,2H2,1H3,(H,19,20). The number of ether oxygens (including phenoxy) is 1. The van der Waals surface area contributed by atoms with Gasteiger partial charge in [-0.05, 0) is 24.7 Å². The van der Waals surface area contributed by atoms with Crippen molar-refractivity contribution in [3.8, 4) is 11.5 Å². The number of carbonyl (C=O) groups is 1. The van der Waals surface area contributed by atoms with E-state index in [2.05, 4.69) is 10.6 Å². The summed E-state index contributed by atoms with van der Waals surface area (Å²) in [6, 6.07) is 11.0. The van der Waals surface area contributed by atoms with E-state index in [1.807, 2.05) is 13.0 Å². The summed E-state index contributed by atoms with van der Waals surface area (Å²) in [5.74, 6) is 0.545. The number of hydrogen-bond acceptors (Lipinski definition) is 3. The number of anilines is 1. The van der Waals surface area contributed by atoms with Gasteiger partial charge in [0.1, 0.15) is 23.4 Å². The highest BCUT2D eigenvalue weighted by molar-refractivity contribution is 6.02. The van der Waals surface area contributed by atoms with Gasteiger partial charge in [-0.25, -0.2) is 4.39 Å². The number of likely N-dealkylation sites (N-methyl/N-ethyl adjacent to an activating group) is 1. The molecule has 0 saturated heterocycles. The van der Waals surface area contributed by atoms with Crippen molar-refractivity contribution in [2.75, 3.05) is 11.9 Å². The van der Waals surface area contributed by atoms with Crippen molar-refractivity contribution in [3.05, 3.63) is 53.8 Å². The largest absolute Gasteiger partial charge is 0.457 e. The molecule has 108 valence electrons. The number of amides is 1. The first-order valence-corrected chi connectivity index (χ1v) is 6.79. The summed E-state index contributed by atoms with van der Waals surface area (Å²) >= 11 is 0. The number of carbonyl (C=O) groups excluding carboxylic acids is 1. The maximum Gasteiger partial charge on any atom is 0.246 e. The molecule has 21 heavy (non-hydrogen) atoms. The van der Waals surface area contributed by atoms with Crippen molar-refractivity contribution in [1.29, 1.82) is 0 Å². The summed E-state index contributed by atoms with van der Waals surface area (Å²) in [4.78, 5) is 11.9. The van der Waals surface area contributed by atoms with Crippen molar-refractivity contribution in [2.24, 2.45) is 0 Å². The maximum absolute atomic E-state index is 13.1. The molecule has 0 aliphatic carbocycles. The number of hydrogen-bond donors (Lipinski definition) is 2. The first-order valence-electron chi connectivity index (χ1n) is 6.79. The monoisotopic (exact) mass is 286 g/mol. The van der Waals surface area contributed by atoms with Crippen LogP contribution in [-0.2, 0) is 4.79 Å². The third-order valence-electron chi connectivity index (χ3n) is 3.30. The molecule has 0 spiro atoms. The molecule has 0 aromatic heterocycles. The first-order chi connectivity index (χ1) is 10.2. The number of benzene rings is 2. The average Bonchev–Trinajstić information content (AvgIpc) is 2.75. The van der Waals surface area contributed by atoms with Crippen LogP contribution < -0.4 is 15.4 Å². The van der Waals surface area contributed by atoms with Crippen molar-refractivity contribution in [3.63, 3.8) is 0 Å². The second kappa shape index (κ2) is 5.54. The van der Waals surface area contributed by atoms with E-state index in [-0.39, 0.29) is 17.8 Å². The average molecular weight is 286 g/mol. The molecule has 0 saturated carbocycles. The molecular formula is C16H15FN2O2. The third-order valence-corrected chi connectivity index (χ3v) is 3.30. The van der Waals surface area contributed by atoms with Gasteiger partial charge in [0.05, 0.1) is 0 Å². The SMILES string of the molecule is CCNC1C(=O)Nc2cc(Oc3cccc(F)c3)ccc21. The first kappa shape index (κ1) is 13.6. The fraction of sp³-hybridized carbons (Fsp3) is 0.188. The van der Waals surface area contributed by atoms with Crippen LogP contribution in [0.2, 0.25) is 0 Å². The molecule has 1 atom stereocenters. The molecule has 0 radical (unpaired) electrons. The van der Waals surface area contributed by atoms with Gasteiger partial charge in [0, 0.05) is 23.4 Å². The zero-order chi connectivity index (χ0) is 14.8. The lowest BCUT2D eigenvalue weighted by Crippen LogP contribution is -2.27. The van der Waals surface area contributed by atoms with Gasteiger partial charge in [-0.1, -0.05) is 19.1 Å². The number of rotatable bonds is 4. The van der Waals surface area contributed by atoms with Crippen LogP contribution in [0.4, 0.5) is 10.1 Å². The predicted octanol–water partition coefficient (Wildman–Crippen LogP) is 3.22. The summed E-state index contributed by atoms with van der Waals surface area (Å²) in [7, 11) is 0. The maximum atomic E-state index is 13.1. The van der Waals surface area contributed by atoms with Crippen LogP contribution in [0.5, 0.6) is 11.5 Å². The lowest BCUT2D eigenvalue weighted by molar-refractivity contribution is -0.117. The summed E-state index contributed by atoms with van der Waals surface area (Å²) in [6.45, 7) is 2.66. The summed E-state index contributed by atoms with van der Waals surface area (Å²) in [5.41, 5.74) is 1.62. The van der Waals surface area contributed by atoms with E-state index >= 15 is 0 Å². The van der Waals surface area contributed by atoms with E-state index < -0.39 is 0 Å². The summed E-state index contributed by atoms with van der Waals surface area (Å²) < 4.78 is 18.7. The van der Waals surface area contributed by atoms with Gasteiger partial charge >= 0.3 is 0 Å². The minimum absolute atomic E-state index is 0.0743. The van der Waals surface area contributed by atoms with Crippen molar-refractivity contribution in [1.82, 2.24) is 5.32 Å². The Morgan fingerprint density at radius 2 is 2.05 bits per heavy atom. The Balaban J connectivity index is 1.84. The summed E-state index contributed by atoms with van der Waals surface area (Å²) in [5, 5.41) is 5.94. The zero-order valence-corrected chi connectivity index (χ0v) is 11.5. The highest BCUT2D eigenvalue weighted by atomic mass is 19.1. The van der Waals surface area contributed by atoms with Crippen LogP contribution in [0.25, 0.3) is 0 Å². The fourth-order valence-corrected chi connectivity index (χ4v) is 2.38. The molecule has 3 rings (SSSR count). The van der Waals surface area contributed by atoms with Gasteiger partial charge in [0.25, 0.3) is 0 Å². The Morgan fingerprint density at radius 3 is 2.81 bits per heavy atom. The molecule has 1 amide bonds. The molecule has 0 fully saturated rings. The lowest BCUT2D eigenvalue weighted by Gasteiger charge is -2.10. The second-order valence-electron chi connectivity index (χ2n) is 4.79. The fourth-order valence-electron chi connectivity index (χ4n) is 2.38. The van der Waals surface area contributed by atoms with Crippen LogP contribution in [0.1, 0.15) is 18.5 Å². The third kappa shape index (κ3) is 2.73. The minimum Gasteiger partial charge on any atom is -0.457 e. The van der Waals surface area contributed by atoms with E-state index in [1.165, 1.54) is 12.1 Å². The van der Waals surface area contributed by atoms with Gasteiger partial charge in [0.15, 0.2) is 0 Å².